The maximum atomic E-state index is 12.8. The molecule has 32 heavy (non-hydrogen) atoms. The van der Waals surface area contributed by atoms with Crippen molar-refractivity contribution in [2.24, 2.45) is 17.6 Å². The molecule has 1 aromatic rings. The number of aliphatic carboxylic acids is 1. The third-order valence-electron chi connectivity index (χ3n) is 4.75. The minimum atomic E-state index is -1.15. The summed E-state index contributed by atoms with van der Waals surface area (Å²) >= 11 is 0. The molecule has 0 radical (unpaired) electrons. The number of H-pyrrole nitrogens is 1. The standard InChI is InChI=1S/C21H36N6O5/c1-11(2)6-15(22)19(29)25-13(5)18(28)26-16(8-14-9-23-10-24-14)20(30)27-17(21(31)32)7-12(3)4/h9-13,15-17H,6-8,22H2,1-5H3,(H,23,24)(H,25,29)(H,26,28)(H,27,30)(H,31,32). The molecule has 0 saturated heterocycles. The lowest BCUT2D eigenvalue weighted by Gasteiger charge is -2.24. The Morgan fingerprint density at radius 1 is 0.938 bits per heavy atom. The summed E-state index contributed by atoms with van der Waals surface area (Å²) in [5.74, 6) is -2.59. The summed E-state index contributed by atoms with van der Waals surface area (Å²) in [5.41, 5.74) is 6.44. The number of hydrogen-bond donors (Lipinski definition) is 6. The number of aromatic nitrogens is 2. The third kappa shape index (κ3) is 9.46. The number of rotatable bonds is 13. The van der Waals surface area contributed by atoms with Crippen LogP contribution in [0, 0.1) is 11.8 Å². The summed E-state index contributed by atoms with van der Waals surface area (Å²) in [6, 6.07) is -3.85. The van der Waals surface area contributed by atoms with Gasteiger partial charge >= 0.3 is 5.97 Å². The van der Waals surface area contributed by atoms with E-state index in [1.807, 2.05) is 27.7 Å². The number of nitrogens with two attached hydrogens (primary N) is 1. The predicted octanol–water partition coefficient (Wildman–Crippen LogP) is -0.0694. The number of nitrogens with one attached hydrogen (secondary N) is 4. The first-order chi connectivity index (χ1) is 14.9. The highest BCUT2D eigenvalue weighted by Crippen LogP contribution is 2.07. The van der Waals surface area contributed by atoms with Crippen LogP contribution in [-0.2, 0) is 25.6 Å². The summed E-state index contributed by atoms with van der Waals surface area (Å²) < 4.78 is 0. The summed E-state index contributed by atoms with van der Waals surface area (Å²) in [5, 5.41) is 17.0. The van der Waals surface area contributed by atoms with Crippen LogP contribution in [0.5, 0.6) is 0 Å². The van der Waals surface area contributed by atoms with Crippen molar-refractivity contribution >= 4 is 23.7 Å². The fourth-order valence-corrected chi connectivity index (χ4v) is 3.09. The van der Waals surface area contributed by atoms with Crippen LogP contribution in [-0.4, -0.2) is 62.9 Å². The van der Waals surface area contributed by atoms with E-state index in [0.29, 0.717) is 12.1 Å². The monoisotopic (exact) mass is 452 g/mol. The largest absolute Gasteiger partial charge is 0.480 e. The molecule has 3 amide bonds. The summed E-state index contributed by atoms with van der Waals surface area (Å²) in [4.78, 5) is 56.0. The van der Waals surface area contributed by atoms with Gasteiger partial charge in [-0.25, -0.2) is 9.78 Å². The normalized spacial score (nSPS) is 15.0. The van der Waals surface area contributed by atoms with E-state index < -0.39 is 47.9 Å². The second-order valence-electron chi connectivity index (χ2n) is 8.84. The van der Waals surface area contributed by atoms with Crippen LogP contribution < -0.4 is 21.7 Å². The number of hydrogen-bond acceptors (Lipinski definition) is 6. The molecule has 7 N–H and O–H groups in total. The number of carbonyl (C=O) groups is 4. The van der Waals surface area contributed by atoms with Gasteiger partial charge in [-0.05, 0) is 31.6 Å². The first-order valence-electron chi connectivity index (χ1n) is 10.8. The van der Waals surface area contributed by atoms with Gasteiger partial charge in [-0.1, -0.05) is 27.7 Å². The van der Waals surface area contributed by atoms with Crippen molar-refractivity contribution in [3.05, 3.63) is 18.2 Å². The van der Waals surface area contributed by atoms with E-state index in [2.05, 4.69) is 25.9 Å². The predicted molar refractivity (Wildman–Crippen MR) is 118 cm³/mol. The van der Waals surface area contributed by atoms with Crippen molar-refractivity contribution in [3.63, 3.8) is 0 Å². The van der Waals surface area contributed by atoms with Gasteiger partial charge in [-0.3, -0.25) is 14.4 Å². The Kier molecular flexibility index (Phi) is 10.8. The molecule has 1 heterocycles. The minimum absolute atomic E-state index is 0.0438. The number of imidazole rings is 1. The average Bonchev–Trinajstić information content (AvgIpc) is 3.18. The molecule has 4 atom stereocenters. The molecular formula is C21H36N6O5. The Morgan fingerprint density at radius 3 is 2.03 bits per heavy atom. The zero-order valence-electron chi connectivity index (χ0n) is 19.3. The minimum Gasteiger partial charge on any atom is -0.480 e. The molecule has 1 rings (SSSR count). The summed E-state index contributed by atoms with van der Waals surface area (Å²) in [7, 11) is 0. The van der Waals surface area contributed by atoms with Crippen LogP contribution in [0.2, 0.25) is 0 Å². The maximum Gasteiger partial charge on any atom is 0.326 e. The molecular weight excluding hydrogens is 416 g/mol. The van der Waals surface area contributed by atoms with Gasteiger partial charge in [0.15, 0.2) is 0 Å². The molecule has 0 aromatic carbocycles. The Hall–Kier alpha value is -2.95. The zero-order valence-corrected chi connectivity index (χ0v) is 19.3. The van der Waals surface area contributed by atoms with Crippen LogP contribution >= 0.6 is 0 Å². The maximum absolute atomic E-state index is 12.8. The lowest BCUT2D eigenvalue weighted by molar-refractivity contribution is -0.142. The number of carbonyl (C=O) groups excluding carboxylic acids is 3. The molecule has 11 nitrogen and oxygen atoms in total. The Bertz CT molecular complexity index is 765. The van der Waals surface area contributed by atoms with Crippen LogP contribution in [0.25, 0.3) is 0 Å². The number of amides is 3. The van der Waals surface area contributed by atoms with Gasteiger partial charge < -0.3 is 31.8 Å². The van der Waals surface area contributed by atoms with Crippen molar-refractivity contribution in [2.75, 3.05) is 0 Å². The Morgan fingerprint density at radius 2 is 1.53 bits per heavy atom. The lowest BCUT2D eigenvalue weighted by Crippen LogP contribution is -2.57. The molecule has 0 aliphatic carbocycles. The van der Waals surface area contributed by atoms with Gasteiger partial charge in [0.05, 0.1) is 12.4 Å². The van der Waals surface area contributed by atoms with Crippen molar-refractivity contribution < 1.29 is 24.3 Å². The molecule has 0 fully saturated rings. The van der Waals surface area contributed by atoms with Gasteiger partial charge in [0.1, 0.15) is 18.1 Å². The van der Waals surface area contributed by atoms with Gasteiger partial charge in [-0.15, -0.1) is 0 Å². The molecule has 0 aliphatic rings. The highest BCUT2D eigenvalue weighted by molar-refractivity contribution is 5.94. The summed E-state index contributed by atoms with van der Waals surface area (Å²) in [6.07, 6.45) is 3.72. The third-order valence-corrected chi connectivity index (χ3v) is 4.75. The van der Waals surface area contributed by atoms with Crippen molar-refractivity contribution in [1.82, 2.24) is 25.9 Å². The molecule has 4 unspecified atom stereocenters. The van der Waals surface area contributed by atoms with Gasteiger partial charge in [0.2, 0.25) is 17.7 Å². The zero-order chi connectivity index (χ0) is 24.4. The molecule has 1 aromatic heterocycles. The smallest absolute Gasteiger partial charge is 0.326 e. The van der Waals surface area contributed by atoms with E-state index in [1.165, 1.54) is 19.4 Å². The molecule has 11 heteroatoms. The highest BCUT2D eigenvalue weighted by Gasteiger charge is 2.29. The van der Waals surface area contributed by atoms with Crippen molar-refractivity contribution in [2.45, 2.75) is 78.0 Å². The van der Waals surface area contributed by atoms with Gasteiger partial charge in [0, 0.05) is 18.3 Å². The average molecular weight is 453 g/mol. The van der Waals surface area contributed by atoms with E-state index in [9.17, 15) is 24.3 Å². The Balaban J connectivity index is 2.87. The fraction of sp³-hybridized carbons (Fsp3) is 0.667. The number of carboxylic acids is 1. The highest BCUT2D eigenvalue weighted by atomic mass is 16.4. The second kappa shape index (κ2) is 12.8. The number of carboxylic acid groups (broad SMARTS) is 1. The van der Waals surface area contributed by atoms with Crippen molar-refractivity contribution in [1.29, 1.82) is 0 Å². The van der Waals surface area contributed by atoms with E-state index in [0.717, 1.165) is 0 Å². The quantitative estimate of drug-likeness (QED) is 0.242. The van der Waals surface area contributed by atoms with Crippen molar-refractivity contribution in [3.8, 4) is 0 Å². The van der Waals surface area contributed by atoms with Crippen LogP contribution in [0.1, 0.15) is 53.2 Å². The van der Waals surface area contributed by atoms with Crippen LogP contribution in [0.3, 0.4) is 0 Å². The van der Waals surface area contributed by atoms with Crippen LogP contribution in [0.4, 0.5) is 0 Å². The first-order valence-corrected chi connectivity index (χ1v) is 10.8. The Labute approximate surface area is 188 Å². The molecule has 180 valence electrons. The summed E-state index contributed by atoms with van der Waals surface area (Å²) in [6.45, 7) is 9.05. The molecule has 0 bridgehead atoms. The molecule has 0 spiro atoms. The lowest BCUT2D eigenvalue weighted by atomic mass is 10.0. The molecule has 0 aliphatic heterocycles. The topological polar surface area (TPSA) is 179 Å². The first kappa shape index (κ1) is 27.1. The fourth-order valence-electron chi connectivity index (χ4n) is 3.09. The van der Waals surface area contributed by atoms with Crippen LogP contribution in [0.15, 0.2) is 12.5 Å². The van der Waals surface area contributed by atoms with E-state index in [4.69, 9.17) is 5.73 Å². The van der Waals surface area contributed by atoms with Gasteiger partial charge in [0.25, 0.3) is 0 Å². The number of aromatic amines is 1. The molecule has 0 saturated carbocycles. The SMILES string of the molecule is CC(C)CC(N)C(=O)NC(C)C(=O)NC(Cc1cnc[nH]1)C(=O)NC(CC(C)C)C(=O)O. The van der Waals surface area contributed by atoms with E-state index >= 15 is 0 Å². The second-order valence-corrected chi connectivity index (χ2v) is 8.84. The van der Waals surface area contributed by atoms with E-state index in [-0.39, 0.29) is 24.7 Å². The van der Waals surface area contributed by atoms with E-state index in [1.54, 1.807) is 0 Å². The number of nitrogens with zero attached hydrogens (tertiary/aromatic N) is 1. The van der Waals surface area contributed by atoms with Gasteiger partial charge in [-0.2, -0.15) is 0 Å².